The molecule has 0 bridgehead atoms. The number of ketones is 1. The van der Waals surface area contributed by atoms with Gasteiger partial charge in [0.15, 0.2) is 11.5 Å². The molecule has 0 aliphatic carbocycles. The van der Waals surface area contributed by atoms with Crippen molar-refractivity contribution in [2.24, 2.45) is 0 Å². The van der Waals surface area contributed by atoms with Crippen LogP contribution in [0.5, 0.6) is 11.5 Å². The van der Waals surface area contributed by atoms with Gasteiger partial charge in [-0.1, -0.05) is 23.8 Å². The van der Waals surface area contributed by atoms with Crippen molar-refractivity contribution in [3.05, 3.63) is 64.2 Å². The largest absolute Gasteiger partial charge is 0.507 e. The van der Waals surface area contributed by atoms with Crippen LogP contribution in [0.15, 0.2) is 42.0 Å². The van der Waals surface area contributed by atoms with Crippen LogP contribution in [0.1, 0.15) is 28.3 Å². The van der Waals surface area contributed by atoms with E-state index in [4.69, 9.17) is 9.47 Å². The predicted molar refractivity (Wildman–Crippen MR) is 123 cm³/mol. The van der Waals surface area contributed by atoms with Gasteiger partial charge in [-0.3, -0.25) is 9.59 Å². The number of rotatable bonds is 7. The summed E-state index contributed by atoms with van der Waals surface area (Å²) in [5, 5.41) is 11.3. The van der Waals surface area contributed by atoms with Gasteiger partial charge in [0.25, 0.3) is 11.7 Å². The second-order valence-corrected chi connectivity index (χ2v) is 8.23. The van der Waals surface area contributed by atoms with E-state index >= 15 is 0 Å². The molecule has 32 heavy (non-hydrogen) atoms. The van der Waals surface area contributed by atoms with Crippen molar-refractivity contribution in [3.8, 4) is 11.5 Å². The van der Waals surface area contributed by atoms with Gasteiger partial charge in [0, 0.05) is 18.7 Å². The average Bonchev–Trinajstić information content (AvgIpc) is 3.03. The van der Waals surface area contributed by atoms with E-state index in [1.807, 2.05) is 51.0 Å². The lowest BCUT2D eigenvalue weighted by Gasteiger charge is -2.27. The maximum Gasteiger partial charge on any atom is 0.295 e. The van der Waals surface area contributed by atoms with E-state index in [1.165, 1.54) is 12.0 Å². The number of hydrogen-bond donors (Lipinski definition) is 1. The third kappa shape index (κ3) is 4.34. The molecule has 1 aliphatic heterocycles. The van der Waals surface area contributed by atoms with E-state index in [1.54, 1.807) is 25.3 Å². The Hall–Kier alpha value is -3.32. The van der Waals surface area contributed by atoms with E-state index in [-0.39, 0.29) is 11.3 Å². The van der Waals surface area contributed by atoms with Crippen molar-refractivity contribution >= 4 is 17.4 Å². The first-order valence-corrected chi connectivity index (χ1v) is 10.4. The molecular formula is C25H30N2O5. The van der Waals surface area contributed by atoms with Gasteiger partial charge in [0.05, 0.1) is 25.8 Å². The molecular weight excluding hydrogens is 408 g/mol. The van der Waals surface area contributed by atoms with Crippen LogP contribution in [0.3, 0.4) is 0 Å². The molecule has 2 aromatic carbocycles. The minimum Gasteiger partial charge on any atom is -0.507 e. The number of hydrogen-bond acceptors (Lipinski definition) is 6. The second kappa shape index (κ2) is 9.44. The van der Waals surface area contributed by atoms with Crippen LogP contribution in [-0.2, 0) is 9.59 Å². The van der Waals surface area contributed by atoms with Crippen LogP contribution in [0.4, 0.5) is 0 Å². The van der Waals surface area contributed by atoms with Gasteiger partial charge < -0.3 is 24.4 Å². The maximum atomic E-state index is 13.2. The molecule has 1 aliphatic rings. The molecule has 0 aromatic heterocycles. The number of methoxy groups -OCH3 is 2. The smallest absolute Gasteiger partial charge is 0.295 e. The molecule has 0 spiro atoms. The second-order valence-electron chi connectivity index (χ2n) is 8.23. The first-order valence-electron chi connectivity index (χ1n) is 10.4. The van der Waals surface area contributed by atoms with E-state index in [2.05, 4.69) is 0 Å². The molecule has 1 N–H and O–H groups in total. The molecule has 1 unspecified atom stereocenters. The fourth-order valence-electron chi connectivity index (χ4n) is 3.92. The Bertz CT molecular complexity index is 1070. The summed E-state index contributed by atoms with van der Waals surface area (Å²) in [5.41, 5.74) is 3.04. The Kier molecular flexibility index (Phi) is 6.89. The number of carbonyl (C=O) groups is 2. The number of likely N-dealkylation sites (tertiary alicyclic amines) is 1. The van der Waals surface area contributed by atoms with Crippen molar-refractivity contribution in [2.75, 3.05) is 41.4 Å². The molecule has 1 saturated heterocycles. The van der Waals surface area contributed by atoms with Gasteiger partial charge in [0.1, 0.15) is 5.76 Å². The normalized spacial score (nSPS) is 17.8. The van der Waals surface area contributed by atoms with Gasteiger partial charge in [-0.15, -0.1) is 0 Å². The lowest BCUT2D eigenvalue weighted by molar-refractivity contribution is -0.140. The molecule has 1 atom stereocenters. The molecule has 1 fully saturated rings. The van der Waals surface area contributed by atoms with Gasteiger partial charge in [-0.25, -0.2) is 0 Å². The van der Waals surface area contributed by atoms with Crippen LogP contribution in [0, 0.1) is 13.8 Å². The van der Waals surface area contributed by atoms with Crippen LogP contribution < -0.4 is 9.47 Å². The number of benzene rings is 2. The third-order valence-electron chi connectivity index (χ3n) is 5.70. The summed E-state index contributed by atoms with van der Waals surface area (Å²) in [5.74, 6) is -0.469. The lowest BCUT2D eigenvalue weighted by atomic mass is 9.93. The van der Waals surface area contributed by atoms with Crippen molar-refractivity contribution in [1.29, 1.82) is 0 Å². The number of likely N-dealkylation sites (N-methyl/N-ethyl adjacent to an activating group) is 1. The monoisotopic (exact) mass is 438 g/mol. The highest BCUT2D eigenvalue weighted by Crippen LogP contribution is 2.42. The molecule has 7 nitrogen and oxygen atoms in total. The van der Waals surface area contributed by atoms with Crippen molar-refractivity contribution in [1.82, 2.24) is 9.80 Å². The van der Waals surface area contributed by atoms with Crippen LogP contribution >= 0.6 is 0 Å². The molecule has 3 rings (SSSR count). The Morgan fingerprint density at radius 2 is 1.72 bits per heavy atom. The fourth-order valence-corrected chi connectivity index (χ4v) is 3.92. The first-order chi connectivity index (χ1) is 15.2. The molecule has 2 aromatic rings. The zero-order valence-corrected chi connectivity index (χ0v) is 19.4. The van der Waals surface area contributed by atoms with E-state index in [9.17, 15) is 14.7 Å². The SMILES string of the molecule is COc1ccc(C2C(=C(O)c3cc(C)ccc3C)C(=O)C(=O)N2CCN(C)C)cc1OC. The highest BCUT2D eigenvalue weighted by atomic mass is 16.5. The fraction of sp³-hybridized carbons (Fsp3) is 0.360. The predicted octanol–water partition coefficient (Wildman–Crippen LogP) is 3.30. The van der Waals surface area contributed by atoms with Crippen molar-refractivity contribution in [2.45, 2.75) is 19.9 Å². The molecule has 0 saturated carbocycles. The maximum absolute atomic E-state index is 13.2. The van der Waals surface area contributed by atoms with E-state index < -0.39 is 17.7 Å². The molecule has 7 heteroatoms. The number of amides is 1. The summed E-state index contributed by atoms with van der Waals surface area (Å²) >= 11 is 0. The minimum absolute atomic E-state index is 0.0784. The quantitative estimate of drug-likeness (QED) is 0.406. The number of aryl methyl sites for hydroxylation is 2. The van der Waals surface area contributed by atoms with E-state index in [0.29, 0.717) is 35.7 Å². The number of carbonyl (C=O) groups excluding carboxylic acids is 2. The van der Waals surface area contributed by atoms with Gasteiger partial charge in [-0.05, 0) is 57.3 Å². The number of nitrogens with zero attached hydrogens (tertiary/aromatic N) is 2. The van der Waals surface area contributed by atoms with Crippen molar-refractivity contribution in [3.63, 3.8) is 0 Å². The summed E-state index contributed by atoms with van der Waals surface area (Å²) < 4.78 is 10.8. The summed E-state index contributed by atoms with van der Waals surface area (Å²) in [6.07, 6.45) is 0. The molecule has 1 heterocycles. The standard InChI is InChI=1S/C25H30N2O5/c1-15-7-8-16(2)18(13-15)23(28)21-22(17-9-10-19(31-5)20(14-17)32-6)27(12-11-26(3)4)25(30)24(21)29/h7-10,13-14,22,28H,11-12H2,1-6H3. The summed E-state index contributed by atoms with van der Waals surface area (Å²) in [6.45, 7) is 4.68. The minimum atomic E-state index is -0.741. The number of Topliss-reactive ketones (excluding diaryl/α,β-unsaturated/α-hetero) is 1. The molecule has 1 amide bonds. The van der Waals surface area contributed by atoms with Crippen LogP contribution in [0.2, 0.25) is 0 Å². The van der Waals surface area contributed by atoms with Gasteiger partial charge >= 0.3 is 0 Å². The Labute approximate surface area is 188 Å². The topological polar surface area (TPSA) is 79.3 Å². The zero-order chi connectivity index (χ0) is 23.6. The Morgan fingerprint density at radius 1 is 1.03 bits per heavy atom. The first kappa shape index (κ1) is 23.3. The average molecular weight is 439 g/mol. The van der Waals surface area contributed by atoms with Gasteiger partial charge in [-0.2, -0.15) is 0 Å². The Morgan fingerprint density at radius 3 is 2.34 bits per heavy atom. The Balaban J connectivity index is 2.23. The molecule has 0 radical (unpaired) electrons. The number of ether oxygens (including phenoxy) is 2. The van der Waals surface area contributed by atoms with Crippen molar-refractivity contribution < 1.29 is 24.2 Å². The third-order valence-corrected chi connectivity index (χ3v) is 5.70. The summed E-state index contributed by atoms with van der Waals surface area (Å²) in [4.78, 5) is 29.6. The lowest BCUT2D eigenvalue weighted by Crippen LogP contribution is -2.35. The van der Waals surface area contributed by atoms with E-state index in [0.717, 1.165) is 11.1 Å². The summed E-state index contributed by atoms with van der Waals surface area (Å²) in [6, 6.07) is 10.2. The summed E-state index contributed by atoms with van der Waals surface area (Å²) in [7, 11) is 6.87. The number of aliphatic hydroxyl groups excluding tert-OH is 1. The highest BCUT2D eigenvalue weighted by molar-refractivity contribution is 6.46. The van der Waals surface area contributed by atoms with Crippen LogP contribution in [0.25, 0.3) is 5.76 Å². The van der Waals surface area contributed by atoms with Gasteiger partial charge in [0.2, 0.25) is 0 Å². The molecule has 170 valence electrons. The number of aliphatic hydroxyl groups is 1. The van der Waals surface area contributed by atoms with Crippen LogP contribution in [-0.4, -0.2) is 68.0 Å². The highest BCUT2D eigenvalue weighted by Gasteiger charge is 2.46. The zero-order valence-electron chi connectivity index (χ0n) is 19.4.